The fraction of sp³-hybridized carbons (Fsp3) is 0.833. The van der Waals surface area contributed by atoms with Crippen LogP contribution in [0.25, 0.3) is 0 Å². The number of amides is 1. The number of carbonyl (C=O) groups excluding carboxylic acids is 1. The molecule has 5 nitrogen and oxygen atoms in total. The molecule has 1 heterocycles. The van der Waals surface area contributed by atoms with Crippen LogP contribution in [-0.2, 0) is 14.3 Å². The summed E-state index contributed by atoms with van der Waals surface area (Å²) in [6.45, 7) is 3.42. The molecular weight excluding hydrogens is 222 g/mol. The van der Waals surface area contributed by atoms with Gasteiger partial charge in [0.2, 0.25) is 0 Å². The average Bonchev–Trinajstić information content (AvgIpc) is 2.97. The van der Waals surface area contributed by atoms with Gasteiger partial charge in [-0.3, -0.25) is 4.79 Å². The zero-order chi connectivity index (χ0) is 12.4. The highest BCUT2D eigenvalue weighted by molar-refractivity contribution is 5.82. The molecule has 96 valence electrons. The molecule has 0 bridgehead atoms. The topological polar surface area (TPSA) is 66.8 Å². The standard InChI is InChI=1S/C12H19NO4/c1-2-13(7-8-3-4-8)11(14)9-5-6-10(17-9)12(15)16/h8-10H,2-7H2,1H3,(H,15,16)/t9-,10+/m0/s1. The van der Waals surface area contributed by atoms with Gasteiger partial charge in [-0.25, -0.2) is 4.79 Å². The molecule has 0 spiro atoms. The lowest BCUT2D eigenvalue weighted by atomic mass is 10.1. The second-order valence-electron chi connectivity index (χ2n) is 4.85. The van der Waals surface area contributed by atoms with Crippen LogP contribution >= 0.6 is 0 Å². The lowest BCUT2D eigenvalue weighted by Crippen LogP contribution is -2.40. The van der Waals surface area contributed by atoms with Crippen molar-refractivity contribution in [2.45, 2.75) is 44.8 Å². The molecule has 2 fully saturated rings. The van der Waals surface area contributed by atoms with Gasteiger partial charge in [0, 0.05) is 13.1 Å². The number of carboxylic acid groups (broad SMARTS) is 1. The van der Waals surface area contributed by atoms with E-state index in [1.54, 1.807) is 4.90 Å². The van der Waals surface area contributed by atoms with E-state index in [4.69, 9.17) is 9.84 Å². The van der Waals surface area contributed by atoms with Gasteiger partial charge in [-0.15, -0.1) is 0 Å². The van der Waals surface area contributed by atoms with Gasteiger partial charge in [-0.2, -0.15) is 0 Å². The highest BCUT2D eigenvalue weighted by Gasteiger charge is 2.37. The first-order chi connectivity index (χ1) is 8.11. The van der Waals surface area contributed by atoms with Gasteiger partial charge in [-0.1, -0.05) is 0 Å². The molecule has 1 N–H and O–H groups in total. The first-order valence-corrected chi connectivity index (χ1v) is 6.29. The summed E-state index contributed by atoms with van der Waals surface area (Å²) >= 11 is 0. The Balaban J connectivity index is 1.87. The molecule has 0 unspecified atom stereocenters. The number of hydrogen-bond donors (Lipinski definition) is 1. The number of rotatable bonds is 5. The first-order valence-electron chi connectivity index (χ1n) is 6.29. The van der Waals surface area contributed by atoms with Crippen molar-refractivity contribution in [1.29, 1.82) is 0 Å². The molecule has 1 aliphatic heterocycles. The van der Waals surface area contributed by atoms with E-state index in [1.165, 1.54) is 12.8 Å². The number of likely N-dealkylation sites (N-methyl/N-ethyl adjacent to an activating group) is 1. The zero-order valence-electron chi connectivity index (χ0n) is 10.1. The molecule has 1 aliphatic carbocycles. The van der Waals surface area contributed by atoms with E-state index >= 15 is 0 Å². The monoisotopic (exact) mass is 241 g/mol. The molecule has 2 rings (SSSR count). The van der Waals surface area contributed by atoms with Gasteiger partial charge < -0.3 is 14.7 Å². The summed E-state index contributed by atoms with van der Waals surface area (Å²) in [5, 5.41) is 8.81. The van der Waals surface area contributed by atoms with E-state index in [9.17, 15) is 9.59 Å². The SMILES string of the molecule is CCN(CC1CC1)C(=O)[C@@H]1CC[C@H](C(=O)O)O1. The Bertz CT molecular complexity index is 314. The van der Waals surface area contributed by atoms with Crippen LogP contribution in [0.15, 0.2) is 0 Å². The summed E-state index contributed by atoms with van der Waals surface area (Å²) in [5.74, 6) is -0.357. The molecule has 1 saturated heterocycles. The molecule has 0 aromatic carbocycles. The van der Waals surface area contributed by atoms with E-state index in [-0.39, 0.29) is 5.91 Å². The van der Waals surface area contributed by atoms with Crippen LogP contribution < -0.4 is 0 Å². The van der Waals surface area contributed by atoms with Crippen molar-refractivity contribution in [3.63, 3.8) is 0 Å². The normalized spacial score (nSPS) is 28.1. The van der Waals surface area contributed by atoms with Gasteiger partial charge in [0.05, 0.1) is 0 Å². The van der Waals surface area contributed by atoms with Crippen molar-refractivity contribution in [3.05, 3.63) is 0 Å². The minimum Gasteiger partial charge on any atom is -0.479 e. The van der Waals surface area contributed by atoms with Crippen molar-refractivity contribution in [3.8, 4) is 0 Å². The van der Waals surface area contributed by atoms with Crippen LogP contribution in [-0.4, -0.2) is 47.2 Å². The van der Waals surface area contributed by atoms with E-state index in [0.29, 0.717) is 25.3 Å². The summed E-state index contributed by atoms with van der Waals surface area (Å²) in [6, 6.07) is 0. The minimum absolute atomic E-state index is 0.0387. The third kappa shape index (κ3) is 2.97. The second kappa shape index (κ2) is 5.04. The van der Waals surface area contributed by atoms with Crippen LogP contribution in [0, 0.1) is 5.92 Å². The molecule has 1 saturated carbocycles. The Morgan fingerprint density at radius 2 is 1.88 bits per heavy atom. The Labute approximate surface area is 101 Å². The summed E-state index contributed by atoms with van der Waals surface area (Å²) in [7, 11) is 0. The summed E-state index contributed by atoms with van der Waals surface area (Å²) < 4.78 is 5.28. The van der Waals surface area contributed by atoms with Gasteiger partial charge in [0.1, 0.15) is 6.10 Å². The van der Waals surface area contributed by atoms with Crippen molar-refractivity contribution in [2.75, 3.05) is 13.1 Å². The van der Waals surface area contributed by atoms with E-state index < -0.39 is 18.2 Å². The van der Waals surface area contributed by atoms with Crippen LogP contribution in [0.5, 0.6) is 0 Å². The van der Waals surface area contributed by atoms with Crippen LogP contribution in [0.2, 0.25) is 0 Å². The van der Waals surface area contributed by atoms with E-state index in [0.717, 1.165) is 6.54 Å². The van der Waals surface area contributed by atoms with Gasteiger partial charge >= 0.3 is 5.97 Å². The fourth-order valence-electron chi connectivity index (χ4n) is 2.19. The lowest BCUT2D eigenvalue weighted by molar-refractivity contribution is -0.154. The zero-order valence-corrected chi connectivity index (χ0v) is 10.1. The maximum absolute atomic E-state index is 12.1. The van der Waals surface area contributed by atoms with Crippen LogP contribution in [0.4, 0.5) is 0 Å². The van der Waals surface area contributed by atoms with Gasteiger partial charge in [0.25, 0.3) is 5.91 Å². The smallest absolute Gasteiger partial charge is 0.332 e. The first kappa shape index (κ1) is 12.4. The summed E-state index contributed by atoms with van der Waals surface area (Å²) in [6.07, 6.45) is 2.02. The van der Waals surface area contributed by atoms with Crippen molar-refractivity contribution in [1.82, 2.24) is 4.90 Å². The molecule has 17 heavy (non-hydrogen) atoms. The largest absolute Gasteiger partial charge is 0.479 e. The highest BCUT2D eigenvalue weighted by Crippen LogP contribution is 2.30. The van der Waals surface area contributed by atoms with E-state index in [1.807, 2.05) is 6.92 Å². The molecule has 0 aromatic heterocycles. The maximum atomic E-state index is 12.1. The Hall–Kier alpha value is -1.10. The van der Waals surface area contributed by atoms with Gasteiger partial charge in [-0.05, 0) is 38.5 Å². The number of carboxylic acids is 1. The van der Waals surface area contributed by atoms with Crippen LogP contribution in [0.3, 0.4) is 0 Å². The third-order valence-electron chi connectivity index (χ3n) is 3.44. The molecule has 1 amide bonds. The quantitative estimate of drug-likeness (QED) is 0.775. The number of aliphatic carboxylic acids is 1. The molecule has 5 heteroatoms. The molecule has 0 radical (unpaired) electrons. The number of carbonyl (C=O) groups is 2. The lowest BCUT2D eigenvalue weighted by Gasteiger charge is -2.23. The minimum atomic E-state index is -0.967. The average molecular weight is 241 g/mol. The highest BCUT2D eigenvalue weighted by atomic mass is 16.5. The van der Waals surface area contributed by atoms with Crippen molar-refractivity contribution in [2.24, 2.45) is 5.92 Å². The molecule has 2 aliphatic rings. The molecule has 2 atom stereocenters. The predicted molar refractivity (Wildman–Crippen MR) is 60.5 cm³/mol. The van der Waals surface area contributed by atoms with Crippen molar-refractivity contribution >= 4 is 11.9 Å². The summed E-state index contributed by atoms with van der Waals surface area (Å²) in [4.78, 5) is 24.7. The third-order valence-corrected chi connectivity index (χ3v) is 3.44. The molecule has 0 aromatic rings. The fourth-order valence-corrected chi connectivity index (χ4v) is 2.19. The Morgan fingerprint density at radius 1 is 1.24 bits per heavy atom. The van der Waals surface area contributed by atoms with Crippen molar-refractivity contribution < 1.29 is 19.4 Å². The predicted octanol–water partition coefficient (Wildman–Crippen LogP) is 0.877. The maximum Gasteiger partial charge on any atom is 0.332 e. The Morgan fingerprint density at radius 3 is 2.35 bits per heavy atom. The number of ether oxygens (including phenoxy) is 1. The second-order valence-corrected chi connectivity index (χ2v) is 4.85. The van der Waals surface area contributed by atoms with Gasteiger partial charge in [0.15, 0.2) is 6.10 Å². The van der Waals surface area contributed by atoms with Crippen LogP contribution in [0.1, 0.15) is 32.6 Å². The number of hydrogen-bond acceptors (Lipinski definition) is 3. The van der Waals surface area contributed by atoms with E-state index in [2.05, 4.69) is 0 Å². The summed E-state index contributed by atoms with van der Waals surface area (Å²) in [5.41, 5.74) is 0. The number of nitrogens with zero attached hydrogens (tertiary/aromatic N) is 1. The Kier molecular flexibility index (Phi) is 3.66. The molecular formula is C12H19NO4.